The van der Waals surface area contributed by atoms with Crippen LogP contribution in [-0.4, -0.2) is 106 Å². The lowest BCUT2D eigenvalue weighted by molar-refractivity contribution is -0.145. The number of hydrogen-bond donors (Lipinski definition) is 4. The van der Waals surface area contributed by atoms with Crippen molar-refractivity contribution in [3.8, 4) is 33.5 Å². The zero-order valence-corrected chi connectivity index (χ0v) is 35.9. The van der Waals surface area contributed by atoms with E-state index in [1.165, 1.54) is 16.2 Å². The molecule has 0 bridgehead atoms. The number of thiazole rings is 1. The Hall–Kier alpha value is -5.07. The van der Waals surface area contributed by atoms with E-state index in [0.29, 0.717) is 53.6 Å². The number of hydrogen-bond acceptors (Lipinski definition) is 12. The molecule has 4 aliphatic rings. The third-order valence-corrected chi connectivity index (χ3v) is 14.5. The minimum absolute atomic E-state index is 0.00627. The largest absolute Gasteiger partial charge is 0.491 e. The van der Waals surface area contributed by atoms with Crippen molar-refractivity contribution < 1.29 is 46.9 Å². The monoisotopic (exact) mass is 864 g/mol. The molecule has 4 N–H and O–H groups in total. The number of carboxylic acid groups (broad SMARTS) is 1. The fourth-order valence-electron chi connectivity index (χ4n) is 7.78. The molecule has 2 aliphatic carbocycles. The minimum atomic E-state index is -4.04. The van der Waals surface area contributed by atoms with Crippen LogP contribution in [0.25, 0.3) is 22.0 Å². The first-order valence-electron chi connectivity index (χ1n) is 20.4. The normalized spacial score (nSPS) is 28.3. The van der Waals surface area contributed by atoms with Crippen molar-refractivity contribution in [3.05, 3.63) is 60.1 Å². The number of aromatic nitrogens is 2. The molecule has 2 aliphatic heterocycles. The molecule has 1 aromatic carbocycles. The summed E-state index contributed by atoms with van der Waals surface area (Å²) in [6, 6.07) is 8.34. The van der Waals surface area contributed by atoms with Gasteiger partial charge in [0.25, 0.3) is 5.91 Å². The van der Waals surface area contributed by atoms with Crippen LogP contribution in [0, 0.1) is 5.92 Å². The third kappa shape index (κ3) is 9.29. The predicted octanol–water partition coefficient (Wildman–Crippen LogP) is 5.05. The fraction of sp³-hybridized carbons (Fsp3) is 0.524. The Morgan fingerprint density at radius 1 is 1.13 bits per heavy atom. The maximum Gasteiger partial charge on any atom is 0.405 e. The second-order valence-corrected chi connectivity index (χ2v) is 19.7. The zero-order valence-electron chi connectivity index (χ0n) is 34.3. The topological polar surface area (TPSA) is 215 Å². The summed E-state index contributed by atoms with van der Waals surface area (Å²) in [7, 11) is -4.04. The average Bonchev–Trinajstić information content (AvgIpc) is 3.95. The van der Waals surface area contributed by atoms with Crippen molar-refractivity contribution in [2.24, 2.45) is 5.92 Å². The molecule has 7 atom stereocenters. The average molecular weight is 865 g/mol. The summed E-state index contributed by atoms with van der Waals surface area (Å²) in [5, 5.41) is 17.6. The molecular formula is C42H52N6O10S2. The second kappa shape index (κ2) is 17.1. The van der Waals surface area contributed by atoms with Crippen molar-refractivity contribution in [2.75, 3.05) is 6.54 Å². The highest BCUT2D eigenvalue weighted by molar-refractivity contribution is 7.91. The molecule has 3 fully saturated rings. The first kappa shape index (κ1) is 43.0. The van der Waals surface area contributed by atoms with Gasteiger partial charge in [0.2, 0.25) is 21.8 Å². The van der Waals surface area contributed by atoms with Crippen LogP contribution in [0.1, 0.15) is 79.6 Å². The van der Waals surface area contributed by atoms with Gasteiger partial charge in [0.1, 0.15) is 45.9 Å². The highest BCUT2D eigenvalue weighted by Crippen LogP contribution is 2.47. The molecule has 0 spiro atoms. The van der Waals surface area contributed by atoms with Gasteiger partial charge in [0.05, 0.1) is 35.3 Å². The van der Waals surface area contributed by atoms with Crippen LogP contribution in [0.2, 0.25) is 0 Å². The molecule has 1 saturated heterocycles. The van der Waals surface area contributed by atoms with E-state index in [1.807, 2.05) is 56.5 Å². The van der Waals surface area contributed by atoms with Crippen LogP contribution in [0.15, 0.2) is 60.1 Å². The highest BCUT2D eigenvalue weighted by Gasteiger charge is 2.63. The summed E-state index contributed by atoms with van der Waals surface area (Å²) in [4.78, 5) is 65.9. The Morgan fingerprint density at radius 2 is 1.87 bits per heavy atom. The zero-order chi connectivity index (χ0) is 43.0. The van der Waals surface area contributed by atoms with E-state index < -0.39 is 74.3 Å². The lowest BCUT2D eigenvalue weighted by atomic mass is 10.0. The van der Waals surface area contributed by atoms with E-state index >= 15 is 0 Å². The van der Waals surface area contributed by atoms with E-state index in [9.17, 15) is 32.7 Å². The van der Waals surface area contributed by atoms with Crippen molar-refractivity contribution in [2.45, 2.75) is 126 Å². The number of nitrogens with one attached hydrogen (secondary N) is 3. The summed E-state index contributed by atoms with van der Waals surface area (Å²) in [5.74, 6) is -1.68. The van der Waals surface area contributed by atoms with Crippen molar-refractivity contribution in [1.29, 1.82) is 0 Å². The van der Waals surface area contributed by atoms with E-state index in [1.54, 1.807) is 38.3 Å². The summed E-state index contributed by atoms with van der Waals surface area (Å²) < 4.78 is 46.3. The van der Waals surface area contributed by atoms with Gasteiger partial charge in [0, 0.05) is 41.6 Å². The molecule has 18 heteroatoms. The second-order valence-electron chi connectivity index (χ2n) is 16.6. The molecule has 2 aromatic heterocycles. The lowest BCUT2D eigenvalue weighted by Gasteiger charge is -2.33. The summed E-state index contributed by atoms with van der Waals surface area (Å²) in [5.41, 5.74) is 0.305. The third-order valence-electron chi connectivity index (χ3n) is 11.6. The van der Waals surface area contributed by atoms with Gasteiger partial charge in [-0.15, -0.1) is 11.3 Å². The molecular weight excluding hydrogens is 813 g/mol. The number of carbonyl (C=O) groups is 4. The van der Waals surface area contributed by atoms with Gasteiger partial charge in [0.15, 0.2) is 0 Å². The number of rotatable bonds is 11. The van der Waals surface area contributed by atoms with Crippen LogP contribution >= 0.6 is 11.3 Å². The number of amides is 4. The summed E-state index contributed by atoms with van der Waals surface area (Å²) in [6.45, 7) is 8.95. The molecule has 7 rings (SSSR count). The molecule has 3 aromatic rings. The van der Waals surface area contributed by atoms with Gasteiger partial charge in [-0.05, 0) is 90.5 Å². The van der Waals surface area contributed by atoms with Gasteiger partial charge >= 0.3 is 6.09 Å². The molecule has 16 nitrogen and oxygen atoms in total. The van der Waals surface area contributed by atoms with E-state index in [2.05, 4.69) is 20.3 Å². The molecule has 60 heavy (non-hydrogen) atoms. The first-order chi connectivity index (χ1) is 28.5. The molecule has 2 saturated carbocycles. The van der Waals surface area contributed by atoms with Gasteiger partial charge in [-0.25, -0.2) is 23.2 Å². The number of allylic oxidation sites excluding steroid dienone is 1. The quantitative estimate of drug-likeness (QED) is 0.186. The van der Waals surface area contributed by atoms with Gasteiger partial charge < -0.3 is 34.9 Å². The molecule has 322 valence electrons. The lowest BCUT2D eigenvalue weighted by Crippen LogP contribution is -2.60. The number of ether oxygens (including phenoxy) is 3. The van der Waals surface area contributed by atoms with Crippen molar-refractivity contribution >= 4 is 45.2 Å². The Balaban J connectivity index is 1.23. The van der Waals surface area contributed by atoms with Gasteiger partial charge in [-0.3, -0.25) is 19.1 Å². The number of carbonyl (C=O) groups excluding carboxylic acids is 3. The first-order valence-corrected chi connectivity index (χ1v) is 22.7. The SMILES string of the molecule is CC[C@@H]1O[C@H](C)CC/C=C\[C@@H]2C[C@@]2(C(=O)NS(=O)(=O)C2(C)CC2)NC(=O)[C@@H]2C[C@@H](Oc3cc(-c4ccc(OC(C)C)cc4)nc(-c4nccs4)c3)CN2C(=O)[C@H]1NC(=O)O. The number of nitrogens with zero attached hydrogens (tertiary/aromatic N) is 3. The van der Waals surface area contributed by atoms with Crippen LogP contribution in [0.3, 0.4) is 0 Å². The van der Waals surface area contributed by atoms with E-state index in [0.717, 1.165) is 5.56 Å². The number of benzene rings is 1. The molecule has 4 amide bonds. The highest BCUT2D eigenvalue weighted by atomic mass is 32.2. The minimum Gasteiger partial charge on any atom is -0.491 e. The smallest absolute Gasteiger partial charge is 0.405 e. The number of sulfonamides is 1. The van der Waals surface area contributed by atoms with Gasteiger partial charge in [-0.1, -0.05) is 19.1 Å². The fourth-order valence-corrected chi connectivity index (χ4v) is 9.69. The van der Waals surface area contributed by atoms with Crippen LogP contribution in [0.4, 0.5) is 4.79 Å². The van der Waals surface area contributed by atoms with Crippen molar-refractivity contribution in [1.82, 2.24) is 30.2 Å². The van der Waals surface area contributed by atoms with Crippen LogP contribution < -0.4 is 24.8 Å². The Bertz CT molecular complexity index is 2230. The maximum atomic E-state index is 14.7. The van der Waals surface area contributed by atoms with Crippen LogP contribution in [0.5, 0.6) is 11.5 Å². The van der Waals surface area contributed by atoms with Crippen molar-refractivity contribution in [3.63, 3.8) is 0 Å². The standard InChI is InChI=1S/C42H52N6O10S2/c1-6-34-35(45-40(52)53)38(50)48-23-30(58-29-19-31(44-32(20-29)37-43-17-18-59-37)26-11-13-28(14-12-26)56-24(2)3)21-33(48)36(49)46-42(22-27(42)10-8-7-9-25(4)57-34)39(51)47-60(54,55)41(5)15-16-41/h8,10-14,17-20,24-25,27,30,33-35,45H,6-7,9,15-16,21-23H2,1-5H3,(H,46,49)(H,47,51)(H,52,53)/b10-8-/t25-,27-,30-,33+,34+,35+,42-/m1/s1. The van der Waals surface area contributed by atoms with E-state index in [-0.39, 0.29) is 38.0 Å². The summed E-state index contributed by atoms with van der Waals surface area (Å²) >= 11 is 1.40. The molecule has 0 radical (unpaired) electrons. The Kier molecular flexibility index (Phi) is 12.3. The number of pyridine rings is 1. The van der Waals surface area contributed by atoms with Crippen LogP contribution in [-0.2, 0) is 29.1 Å². The molecule has 4 heterocycles. The maximum absolute atomic E-state index is 14.7. The number of fused-ring (bicyclic) bond motifs is 2. The molecule has 0 unspecified atom stereocenters. The summed E-state index contributed by atoms with van der Waals surface area (Å²) in [6.07, 6.45) is 4.09. The Labute approximate surface area is 353 Å². The van der Waals surface area contributed by atoms with Gasteiger partial charge in [-0.2, -0.15) is 0 Å². The Morgan fingerprint density at radius 3 is 2.52 bits per heavy atom. The van der Waals surface area contributed by atoms with E-state index in [4.69, 9.17) is 19.2 Å². The predicted molar refractivity (Wildman–Crippen MR) is 223 cm³/mol.